The fourth-order valence-electron chi connectivity index (χ4n) is 0.874. The first-order valence-electron chi connectivity index (χ1n) is 4.22. The third-order valence-electron chi connectivity index (χ3n) is 1.99. The van der Waals surface area contributed by atoms with Crippen LogP contribution in [-0.2, 0) is 0 Å². The topological polar surface area (TPSA) is 38.0 Å². The van der Waals surface area contributed by atoms with Crippen molar-refractivity contribution in [3.63, 3.8) is 0 Å². The summed E-state index contributed by atoms with van der Waals surface area (Å²) >= 11 is 0. The molecule has 0 aliphatic heterocycles. The molecule has 0 saturated heterocycles. The number of hydrogen-bond acceptors (Lipinski definition) is 2. The van der Waals surface area contributed by atoms with Gasteiger partial charge in [0, 0.05) is 0 Å². The molecule has 0 spiro atoms. The Morgan fingerprint density at radius 2 is 1.70 bits per heavy atom. The van der Waals surface area contributed by atoms with Gasteiger partial charge < -0.3 is 5.73 Å². The summed E-state index contributed by atoms with van der Waals surface area (Å²) in [6.07, 6.45) is 3.16. The zero-order chi connectivity index (χ0) is 8.04. The molecule has 0 rings (SSSR count). The van der Waals surface area contributed by atoms with Gasteiger partial charge in [0.05, 0.1) is 5.66 Å². The zero-order valence-corrected chi connectivity index (χ0v) is 7.41. The van der Waals surface area contributed by atoms with Gasteiger partial charge in [0.1, 0.15) is 0 Å². The van der Waals surface area contributed by atoms with Gasteiger partial charge in [0.15, 0.2) is 0 Å². The molecule has 0 aliphatic rings. The monoisotopic (exact) mass is 144 g/mol. The second kappa shape index (κ2) is 4.69. The summed E-state index contributed by atoms with van der Waals surface area (Å²) in [6, 6.07) is 0. The molecule has 0 aromatic rings. The third kappa shape index (κ3) is 3.18. The number of rotatable bonds is 5. The number of nitrogens with one attached hydrogen (secondary N) is 1. The Labute approximate surface area is 64.2 Å². The van der Waals surface area contributed by atoms with Crippen molar-refractivity contribution in [3.8, 4) is 0 Å². The predicted molar refractivity (Wildman–Crippen MR) is 45.8 cm³/mol. The van der Waals surface area contributed by atoms with Gasteiger partial charge in [-0.1, -0.05) is 20.8 Å². The van der Waals surface area contributed by atoms with E-state index in [2.05, 4.69) is 26.1 Å². The van der Waals surface area contributed by atoms with Crippen molar-refractivity contribution >= 4 is 0 Å². The van der Waals surface area contributed by atoms with Crippen LogP contribution in [0.25, 0.3) is 0 Å². The van der Waals surface area contributed by atoms with Crippen molar-refractivity contribution in [3.05, 3.63) is 0 Å². The molecule has 0 aromatic heterocycles. The summed E-state index contributed by atoms with van der Waals surface area (Å²) in [5, 5.41) is 3.32. The maximum absolute atomic E-state index is 5.97. The zero-order valence-electron chi connectivity index (χ0n) is 7.41. The molecule has 0 bridgehead atoms. The van der Waals surface area contributed by atoms with Crippen molar-refractivity contribution in [1.29, 1.82) is 0 Å². The molecule has 0 fully saturated rings. The van der Waals surface area contributed by atoms with Crippen LogP contribution in [0.15, 0.2) is 0 Å². The lowest BCUT2D eigenvalue weighted by molar-refractivity contribution is 0.313. The van der Waals surface area contributed by atoms with E-state index in [1.54, 1.807) is 0 Å². The molecule has 3 N–H and O–H groups in total. The Bertz CT molecular complexity index is 77.3. The molecule has 62 valence electrons. The summed E-state index contributed by atoms with van der Waals surface area (Å²) in [5.74, 6) is 0. The van der Waals surface area contributed by atoms with E-state index in [4.69, 9.17) is 5.73 Å². The fourth-order valence-corrected chi connectivity index (χ4v) is 0.874. The lowest BCUT2D eigenvalue weighted by Gasteiger charge is -2.27. The van der Waals surface area contributed by atoms with Crippen LogP contribution in [0.5, 0.6) is 0 Å². The smallest absolute Gasteiger partial charge is 0.0656 e. The molecular weight excluding hydrogens is 124 g/mol. The quantitative estimate of drug-likeness (QED) is 0.573. The average molecular weight is 144 g/mol. The lowest BCUT2D eigenvalue weighted by atomic mass is 10.1. The molecule has 2 nitrogen and oxygen atoms in total. The molecule has 0 aromatic carbocycles. The molecular formula is C8H20N2. The van der Waals surface area contributed by atoms with Gasteiger partial charge in [0.2, 0.25) is 0 Å². The molecule has 0 radical (unpaired) electrons. The Morgan fingerprint density at radius 3 is 2.00 bits per heavy atom. The van der Waals surface area contributed by atoms with Gasteiger partial charge in [-0.15, -0.1) is 0 Å². The molecule has 0 amide bonds. The van der Waals surface area contributed by atoms with Crippen molar-refractivity contribution in [2.75, 3.05) is 6.54 Å². The van der Waals surface area contributed by atoms with E-state index in [1.807, 2.05) is 0 Å². The molecule has 0 saturated carbocycles. The van der Waals surface area contributed by atoms with Crippen molar-refractivity contribution in [1.82, 2.24) is 5.32 Å². The van der Waals surface area contributed by atoms with Crippen LogP contribution in [-0.4, -0.2) is 12.2 Å². The Kier molecular flexibility index (Phi) is 4.65. The van der Waals surface area contributed by atoms with E-state index < -0.39 is 0 Å². The van der Waals surface area contributed by atoms with Crippen molar-refractivity contribution in [2.45, 2.75) is 45.7 Å². The van der Waals surface area contributed by atoms with Crippen LogP contribution >= 0.6 is 0 Å². The van der Waals surface area contributed by atoms with Crippen LogP contribution in [0.1, 0.15) is 40.0 Å². The predicted octanol–water partition coefficient (Wildman–Crippen LogP) is 1.46. The summed E-state index contributed by atoms with van der Waals surface area (Å²) in [5.41, 5.74) is 5.86. The highest BCUT2D eigenvalue weighted by atomic mass is 15.1. The maximum Gasteiger partial charge on any atom is 0.0656 e. The third-order valence-corrected chi connectivity index (χ3v) is 1.99. The standard InChI is InChI=1S/C8H20N2/c1-4-7-10-8(9,5-2)6-3/h10H,4-7,9H2,1-3H3. The average Bonchev–Trinajstić information content (AvgIpc) is 2.00. The highest BCUT2D eigenvalue weighted by Gasteiger charge is 2.17. The summed E-state index contributed by atoms with van der Waals surface area (Å²) in [4.78, 5) is 0. The van der Waals surface area contributed by atoms with Crippen LogP contribution in [0, 0.1) is 0 Å². The Morgan fingerprint density at radius 1 is 1.20 bits per heavy atom. The molecule has 0 aliphatic carbocycles. The minimum atomic E-state index is -0.115. The van der Waals surface area contributed by atoms with Crippen LogP contribution in [0.3, 0.4) is 0 Å². The maximum atomic E-state index is 5.97. The van der Waals surface area contributed by atoms with E-state index in [0.29, 0.717) is 0 Å². The summed E-state index contributed by atoms with van der Waals surface area (Å²) in [7, 11) is 0. The van der Waals surface area contributed by atoms with E-state index in [9.17, 15) is 0 Å². The molecule has 2 heteroatoms. The first-order valence-corrected chi connectivity index (χ1v) is 4.22. The number of hydrogen-bond donors (Lipinski definition) is 2. The van der Waals surface area contributed by atoms with Gasteiger partial charge in [-0.25, -0.2) is 0 Å². The molecule has 10 heavy (non-hydrogen) atoms. The highest BCUT2D eigenvalue weighted by Crippen LogP contribution is 2.05. The SMILES string of the molecule is CCCNC(N)(CC)CC. The largest absolute Gasteiger partial charge is 0.313 e. The number of nitrogens with two attached hydrogens (primary N) is 1. The first kappa shape index (κ1) is 9.92. The fraction of sp³-hybridized carbons (Fsp3) is 1.00. The van der Waals surface area contributed by atoms with Crippen molar-refractivity contribution in [2.24, 2.45) is 5.73 Å². The van der Waals surface area contributed by atoms with E-state index >= 15 is 0 Å². The molecule has 0 atom stereocenters. The Hall–Kier alpha value is -0.0800. The second-order valence-corrected chi connectivity index (χ2v) is 2.79. The first-order chi connectivity index (χ1) is 4.68. The van der Waals surface area contributed by atoms with Gasteiger partial charge in [0.25, 0.3) is 0 Å². The second-order valence-electron chi connectivity index (χ2n) is 2.79. The summed E-state index contributed by atoms with van der Waals surface area (Å²) in [6.45, 7) is 7.41. The van der Waals surface area contributed by atoms with E-state index in [-0.39, 0.29) is 5.66 Å². The van der Waals surface area contributed by atoms with E-state index in [1.165, 1.54) is 0 Å². The van der Waals surface area contributed by atoms with Crippen LogP contribution < -0.4 is 11.1 Å². The minimum Gasteiger partial charge on any atom is -0.313 e. The molecule has 0 heterocycles. The van der Waals surface area contributed by atoms with Gasteiger partial charge in [-0.2, -0.15) is 0 Å². The van der Waals surface area contributed by atoms with Crippen LogP contribution in [0.4, 0.5) is 0 Å². The minimum absolute atomic E-state index is 0.115. The van der Waals surface area contributed by atoms with Crippen LogP contribution in [0.2, 0.25) is 0 Å². The normalized spacial score (nSPS) is 12.0. The highest BCUT2D eigenvalue weighted by molar-refractivity contribution is 4.76. The summed E-state index contributed by atoms with van der Waals surface area (Å²) < 4.78 is 0. The van der Waals surface area contributed by atoms with Crippen molar-refractivity contribution < 1.29 is 0 Å². The van der Waals surface area contributed by atoms with Gasteiger partial charge in [-0.05, 0) is 25.8 Å². The van der Waals surface area contributed by atoms with E-state index in [0.717, 1.165) is 25.8 Å². The Balaban J connectivity index is 3.58. The lowest BCUT2D eigenvalue weighted by Crippen LogP contribution is -2.52. The van der Waals surface area contributed by atoms with Gasteiger partial charge >= 0.3 is 0 Å². The van der Waals surface area contributed by atoms with Gasteiger partial charge in [-0.3, -0.25) is 5.32 Å². The molecule has 0 unspecified atom stereocenters.